The van der Waals surface area contributed by atoms with Crippen LogP contribution in [0.1, 0.15) is 18.1 Å². The number of carboxylic acid groups (broad SMARTS) is 1. The summed E-state index contributed by atoms with van der Waals surface area (Å²) >= 11 is 0. The summed E-state index contributed by atoms with van der Waals surface area (Å²) in [4.78, 5) is 26.2. The zero-order valence-corrected chi connectivity index (χ0v) is 16.0. The molecule has 0 aliphatic rings. The molecule has 1 unspecified atom stereocenters. The summed E-state index contributed by atoms with van der Waals surface area (Å²) in [6.07, 6.45) is 3.32. The molecule has 3 rings (SSSR count). The van der Waals surface area contributed by atoms with Crippen LogP contribution in [-0.4, -0.2) is 33.3 Å². The van der Waals surface area contributed by atoms with Crippen molar-refractivity contribution in [2.45, 2.75) is 19.9 Å². The Hall–Kier alpha value is -3.48. The van der Waals surface area contributed by atoms with Crippen LogP contribution in [0.3, 0.4) is 0 Å². The van der Waals surface area contributed by atoms with Gasteiger partial charge in [-0.1, -0.05) is 30.3 Å². The topological polar surface area (TPSA) is 75.4 Å². The fourth-order valence-corrected chi connectivity index (χ4v) is 3.15. The molecule has 1 heterocycles. The zero-order chi connectivity index (χ0) is 20.8. The smallest absolute Gasteiger partial charge is 0.316 e. The lowest BCUT2D eigenvalue weighted by Crippen LogP contribution is -2.40. The van der Waals surface area contributed by atoms with Gasteiger partial charge in [0.05, 0.1) is 12.7 Å². The summed E-state index contributed by atoms with van der Waals surface area (Å²) in [6, 6.07) is 15.1. The summed E-state index contributed by atoms with van der Waals surface area (Å²) < 4.78 is 14.7. The number of rotatable bonds is 8. The number of amides is 1. The minimum Gasteiger partial charge on any atom is -0.481 e. The molecule has 29 heavy (non-hydrogen) atoms. The molecule has 2 aromatic carbocycles. The number of carbonyl (C=O) groups is 2. The zero-order valence-electron chi connectivity index (χ0n) is 16.0. The Kier molecular flexibility index (Phi) is 6.39. The second-order valence-corrected chi connectivity index (χ2v) is 6.69. The van der Waals surface area contributed by atoms with Crippen molar-refractivity contribution >= 4 is 17.6 Å². The van der Waals surface area contributed by atoms with Gasteiger partial charge in [0.2, 0.25) is 5.91 Å². The first-order chi connectivity index (χ1) is 14.0. The van der Waals surface area contributed by atoms with Gasteiger partial charge in [0.1, 0.15) is 11.7 Å². The average molecular weight is 395 g/mol. The molecular weight excluding hydrogens is 373 g/mol. The van der Waals surface area contributed by atoms with E-state index in [1.165, 1.54) is 17.0 Å². The Morgan fingerprint density at radius 2 is 1.79 bits per heavy atom. The van der Waals surface area contributed by atoms with E-state index in [0.29, 0.717) is 24.3 Å². The monoisotopic (exact) mass is 395 g/mol. The van der Waals surface area contributed by atoms with Crippen molar-refractivity contribution in [2.75, 3.05) is 11.4 Å². The van der Waals surface area contributed by atoms with E-state index in [2.05, 4.69) is 5.10 Å². The maximum Gasteiger partial charge on any atom is 0.316 e. The van der Waals surface area contributed by atoms with Gasteiger partial charge >= 0.3 is 5.97 Å². The van der Waals surface area contributed by atoms with Crippen LogP contribution in [0.15, 0.2) is 67.0 Å². The molecule has 0 aliphatic heterocycles. The van der Waals surface area contributed by atoms with E-state index < -0.39 is 17.8 Å². The molecule has 1 N–H and O–H groups in total. The number of hydrogen-bond acceptors (Lipinski definition) is 3. The third kappa shape index (κ3) is 5.07. The molecule has 0 spiro atoms. The lowest BCUT2D eigenvalue weighted by atomic mass is 9.99. The number of para-hydroxylation sites is 1. The van der Waals surface area contributed by atoms with Crippen LogP contribution in [0.5, 0.6) is 0 Å². The number of aliphatic carboxylic acids is 1. The van der Waals surface area contributed by atoms with Crippen molar-refractivity contribution in [3.8, 4) is 0 Å². The maximum atomic E-state index is 13.0. The molecule has 0 saturated heterocycles. The first-order valence-corrected chi connectivity index (χ1v) is 9.33. The van der Waals surface area contributed by atoms with Crippen molar-refractivity contribution in [1.29, 1.82) is 0 Å². The molecule has 1 aromatic heterocycles. The first-order valence-electron chi connectivity index (χ1n) is 9.33. The highest BCUT2D eigenvalue weighted by Crippen LogP contribution is 2.19. The first kappa shape index (κ1) is 20.3. The highest BCUT2D eigenvalue weighted by Gasteiger charge is 2.31. The summed E-state index contributed by atoms with van der Waals surface area (Å²) in [6.45, 7) is 2.61. The third-order valence-corrected chi connectivity index (χ3v) is 4.63. The third-order valence-electron chi connectivity index (χ3n) is 4.63. The Morgan fingerprint density at radius 3 is 2.41 bits per heavy atom. The summed E-state index contributed by atoms with van der Waals surface area (Å²) in [5, 5.41) is 13.9. The molecular formula is C22H22FN3O3. The number of anilines is 1. The van der Waals surface area contributed by atoms with Crippen LogP contribution < -0.4 is 4.90 Å². The largest absolute Gasteiger partial charge is 0.481 e. The van der Waals surface area contributed by atoms with Crippen LogP contribution in [0.25, 0.3) is 0 Å². The summed E-state index contributed by atoms with van der Waals surface area (Å²) in [5.74, 6) is -3.15. The number of halogens is 1. The van der Waals surface area contributed by atoms with Gasteiger partial charge in [-0.3, -0.25) is 14.3 Å². The molecule has 3 aromatic rings. The Morgan fingerprint density at radius 1 is 1.10 bits per heavy atom. The van der Waals surface area contributed by atoms with E-state index in [1.54, 1.807) is 53.5 Å². The van der Waals surface area contributed by atoms with E-state index in [-0.39, 0.29) is 12.2 Å². The normalized spacial score (nSPS) is 11.8. The highest BCUT2D eigenvalue weighted by molar-refractivity contribution is 6.05. The molecule has 1 amide bonds. The van der Waals surface area contributed by atoms with E-state index in [9.17, 15) is 19.1 Å². The van der Waals surface area contributed by atoms with Gasteiger partial charge in [-0.15, -0.1) is 0 Å². The number of carbonyl (C=O) groups excluding carboxylic acids is 1. The summed E-state index contributed by atoms with van der Waals surface area (Å²) in [5.41, 5.74) is 2.18. The van der Waals surface area contributed by atoms with Gasteiger partial charge in [-0.05, 0) is 48.7 Å². The van der Waals surface area contributed by atoms with Crippen molar-refractivity contribution in [3.63, 3.8) is 0 Å². The van der Waals surface area contributed by atoms with Crippen LogP contribution in [0.4, 0.5) is 10.1 Å². The Balaban J connectivity index is 1.73. The van der Waals surface area contributed by atoms with Crippen molar-refractivity contribution in [1.82, 2.24) is 9.78 Å². The standard InChI is InChI=1S/C22H22FN3O3/c1-2-26(19-6-4-3-5-7-19)21(27)20(22(28)29)12-17-13-24-25(15-17)14-16-8-10-18(23)11-9-16/h3-11,13,15,20H,2,12,14H2,1H3,(H,28,29). The molecule has 7 heteroatoms. The SMILES string of the molecule is CCN(C(=O)C(Cc1cnn(Cc2ccc(F)cc2)c1)C(=O)O)c1ccccc1. The predicted octanol–water partition coefficient (Wildman–Crippen LogP) is 3.37. The number of carboxylic acids is 1. The maximum absolute atomic E-state index is 13.0. The van der Waals surface area contributed by atoms with Gasteiger partial charge in [0.15, 0.2) is 0 Å². The van der Waals surface area contributed by atoms with Crippen LogP contribution >= 0.6 is 0 Å². The van der Waals surface area contributed by atoms with Crippen molar-refractivity contribution in [3.05, 3.63) is 83.9 Å². The number of benzene rings is 2. The van der Waals surface area contributed by atoms with Gasteiger partial charge in [-0.2, -0.15) is 5.10 Å². The van der Waals surface area contributed by atoms with Gasteiger partial charge < -0.3 is 10.0 Å². The van der Waals surface area contributed by atoms with E-state index in [0.717, 1.165) is 5.56 Å². The second kappa shape index (κ2) is 9.14. The number of aromatic nitrogens is 2. The quantitative estimate of drug-likeness (QED) is 0.594. The molecule has 0 aliphatic carbocycles. The minimum absolute atomic E-state index is 0.0426. The number of hydrogen-bond donors (Lipinski definition) is 1. The molecule has 0 bridgehead atoms. The molecule has 1 atom stereocenters. The minimum atomic E-state index is -1.21. The average Bonchev–Trinajstić information content (AvgIpc) is 3.16. The van der Waals surface area contributed by atoms with Gasteiger partial charge in [-0.25, -0.2) is 4.39 Å². The molecule has 150 valence electrons. The molecule has 0 fully saturated rings. The second-order valence-electron chi connectivity index (χ2n) is 6.69. The van der Waals surface area contributed by atoms with Crippen molar-refractivity contribution < 1.29 is 19.1 Å². The highest BCUT2D eigenvalue weighted by atomic mass is 19.1. The lowest BCUT2D eigenvalue weighted by Gasteiger charge is -2.24. The molecule has 0 radical (unpaired) electrons. The van der Waals surface area contributed by atoms with Crippen LogP contribution in [0, 0.1) is 11.7 Å². The lowest BCUT2D eigenvalue weighted by molar-refractivity contribution is -0.146. The van der Waals surface area contributed by atoms with Gasteiger partial charge in [0, 0.05) is 18.4 Å². The van der Waals surface area contributed by atoms with Gasteiger partial charge in [0.25, 0.3) is 0 Å². The van der Waals surface area contributed by atoms with E-state index >= 15 is 0 Å². The fraction of sp³-hybridized carbons (Fsp3) is 0.227. The summed E-state index contributed by atoms with van der Waals surface area (Å²) in [7, 11) is 0. The van der Waals surface area contributed by atoms with Crippen LogP contribution in [-0.2, 0) is 22.6 Å². The van der Waals surface area contributed by atoms with Crippen molar-refractivity contribution in [2.24, 2.45) is 5.92 Å². The van der Waals surface area contributed by atoms with E-state index in [1.807, 2.05) is 13.0 Å². The fourth-order valence-electron chi connectivity index (χ4n) is 3.15. The van der Waals surface area contributed by atoms with Crippen LogP contribution in [0.2, 0.25) is 0 Å². The van der Waals surface area contributed by atoms with E-state index in [4.69, 9.17) is 0 Å². The predicted molar refractivity (Wildman–Crippen MR) is 107 cm³/mol. The Bertz CT molecular complexity index is 970. The molecule has 0 saturated carbocycles. The molecule has 6 nitrogen and oxygen atoms in total. The Labute approximate surface area is 168 Å². The number of nitrogens with zero attached hydrogens (tertiary/aromatic N) is 3.